The summed E-state index contributed by atoms with van der Waals surface area (Å²) in [6.45, 7) is 0. The summed E-state index contributed by atoms with van der Waals surface area (Å²) in [7, 11) is 0. The number of halogens is 7. The topological polar surface area (TPSA) is 37.3 Å². The summed E-state index contributed by atoms with van der Waals surface area (Å²) < 4.78 is 108. The van der Waals surface area contributed by atoms with Crippen LogP contribution in [0.4, 0.5) is 30.7 Å². The molecule has 0 amide bonds. The van der Waals surface area contributed by atoms with Crippen molar-refractivity contribution in [2.45, 2.75) is 17.7 Å². The highest BCUT2D eigenvalue weighted by Crippen LogP contribution is 2.56. The van der Waals surface area contributed by atoms with Crippen LogP contribution >= 0.6 is 0 Å². The van der Waals surface area contributed by atoms with E-state index in [-0.39, 0.29) is 45.7 Å². The zero-order valence-corrected chi connectivity index (χ0v) is 56.8. The summed E-state index contributed by atoms with van der Waals surface area (Å²) in [6, 6.07) is 92.0. The first-order valence-electron chi connectivity index (χ1n) is 34.3. The van der Waals surface area contributed by atoms with Gasteiger partial charge in [-0.15, -0.1) is 0 Å². The van der Waals surface area contributed by atoms with Gasteiger partial charge in [-0.05, 0) is 218 Å². The highest BCUT2D eigenvalue weighted by Gasteiger charge is 2.58. The molecule has 2 nitrogen and oxygen atoms in total. The van der Waals surface area contributed by atoms with Crippen LogP contribution in [0.2, 0.25) is 0 Å². The van der Waals surface area contributed by atoms with Crippen molar-refractivity contribution in [1.29, 1.82) is 0 Å². The van der Waals surface area contributed by atoms with Gasteiger partial charge >= 0.3 is 6.18 Å². The number of aliphatic hydroxyl groups is 1. The Morgan fingerprint density at radius 1 is 0.234 bits per heavy atom. The lowest BCUT2D eigenvalue weighted by atomic mass is 9.68. The molecule has 13 aromatic rings. The lowest BCUT2D eigenvalue weighted by Gasteiger charge is -2.38. The van der Waals surface area contributed by atoms with E-state index in [0.29, 0.717) is 128 Å². The molecule has 0 saturated carbocycles. The fraction of sp³-hybridized carbons (Fsp3) is 0.0306. The molecule has 15 rings (SSSR count). The molecule has 0 saturated heterocycles. The molecule has 2 atom stereocenters. The minimum absolute atomic E-state index is 0.0544. The Morgan fingerprint density at radius 2 is 0.439 bits per heavy atom. The predicted molar refractivity (Wildman–Crippen MR) is 412 cm³/mol. The van der Waals surface area contributed by atoms with E-state index in [2.05, 4.69) is 47.4 Å². The maximum absolute atomic E-state index is 17.5. The summed E-state index contributed by atoms with van der Waals surface area (Å²) in [4.78, 5) is 15.8. The molecule has 0 aliphatic heterocycles. The normalized spacial score (nSPS) is 13.9. The van der Waals surface area contributed by atoms with Gasteiger partial charge in [0, 0.05) is 77.9 Å². The quantitative estimate of drug-likeness (QED) is 0.0796. The second-order valence-corrected chi connectivity index (χ2v) is 25.6. The van der Waals surface area contributed by atoms with Crippen LogP contribution < -0.4 is 0 Å². The molecule has 0 bridgehead atoms. The molecule has 0 radical (unpaired) electrons. The van der Waals surface area contributed by atoms with Gasteiger partial charge < -0.3 is 5.11 Å². The van der Waals surface area contributed by atoms with Crippen LogP contribution in [0, 0.1) is 70.6 Å². The number of ketones is 1. The van der Waals surface area contributed by atoms with Crippen molar-refractivity contribution in [2.24, 2.45) is 0 Å². The Morgan fingerprint density at radius 3 is 0.720 bits per heavy atom. The molecule has 9 heteroatoms. The molecule has 0 aromatic heterocycles. The van der Waals surface area contributed by atoms with E-state index in [1.165, 1.54) is 84.9 Å². The zero-order chi connectivity index (χ0) is 73.6. The summed E-state index contributed by atoms with van der Waals surface area (Å²) in [5.74, 6) is 23.0. The Balaban J connectivity index is 0.874. The molecule has 13 aromatic carbocycles. The summed E-state index contributed by atoms with van der Waals surface area (Å²) in [6.07, 6.45) is -6.28. The summed E-state index contributed by atoms with van der Waals surface area (Å²) >= 11 is 0. The van der Waals surface area contributed by atoms with Crippen LogP contribution in [0.3, 0.4) is 0 Å². The van der Waals surface area contributed by atoms with Gasteiger partial charge in [-0.1, -0.05) is 235 Å². The number of Topliss-reactive ketones (excluding diaryl/α,β-unsaturated/α-hetero) is 1. The number of benzene rings is 13. The second kappa shape index (κ2) is 29.9. The van der Waals surface area contributed by atoms with E-state index < -0.39 is 17.7 Å². The Kier molecular flexibility index (Phi) is 19.3. The number of hydrogen-bond donors (Lipinski definition) is 1. The highest BCUT2D eigenvalue weighted by atomic mass is 19.4. The number of aliphatic hydroxyl groups excluding tert-OH is 1. The van der Waals surface area contributed by atoms with Crippen LogP contribution in [0.15, 0.2) is 334 Å². The molecule has 107 heavy (non-hydrogen) atoms. The van der Waals surface area contributed by atoms with Gasteiger partial charge in [-0.25, -0.2) is 17.6 Å². The standard InChI is InChI=1S/C98H57F7O2/c99-83-56-32-68(33-57-83)20-16-64-24-40-76(41-25-64)91-87(72-10-4-1-5-11-72)89(93(95(91)106)78-44-28-66(29-45-78)18-22-70-36-60-85(101)61-37-70)74-48-52-81(53-49-74)97(98(103,104)105,80-14-8-3-9-15-80)82-54-50-75(51-55-82)90-88(73-12-6-2-7-13-73)92(77-42-26-65(27-43-77)17-21-69-34-58-84(100)59-35-69)96(107)94(90)79-46-30-67(31-47-79)19-23-71-38-62-86(102)63-39-71/h1-15,24-63,95,106H. The zero-order valence-electron chi connectivity index (χ0n) is 56.8. The van der Waals surface area contributed by atoms with Crippen molar-refractivity contribution >= 4 is 50.4 Å². The average Bonchev–Trinajstić information content (AvgIpc) is 1.06. The molecule has 0 heterocycles. The maximum atomic E-state index is 17.5. The van der Waals surface area contributed by atoms with Crippen molar-refractivity contribution in [2.75, 3.05) is 0 Å². The minimum atomic E-state index is -5.00. The minimum Gasteiger partial charge on any atom is -0.384 e. The molecule has 2 aliphatic carbocycles. The number of rotatable bonds is 11. The van der Waals surface area contributed by atoms with E-state index >= 15 is 18.0 Å². The fourth-order valence-electron chi connectivity index (χ4n) is 13.9. The fourth-order valence-corrected chi connectivity index (χ4v) is 13.9. The van der Waals surface area contributed by atoms with E-state index in [4.69, 9.17) is 0 Å². The van der Waals surface area contributed by atoms with Gasteiger partial charge in [0.25, 0.3) is 0 Å². The third-order valence-corrected chi connectivity index (χ3v) is 19.0. The van der Waals surface area contributed by atoms with Gasteiger partial charge in [-0.2, -0.15) is 13.2 Å². The lowest BCUT2D eigenvalue weighted by Crippen LogP contribution is -2.44. The average molecular weight is 1400 g/mol. The van der Waals surface area contributed by atoms with E-state index in [1.807, 2.05) is 121 Å². The van der Waals surface area contributed by atoms with Crippen molar-refractivity contribution in [1.82, 2.24) is 0 Å². The van der Waals surface area contributed by atoms with Gasteiger partial charge in [0.15, 0.2) is 5.78 Å². The predicted octanol–water partition coefficient (Wildman–Crippen LogP) is 21.7. The molecule has 2 aliphatic rings. The molecule has 0 spiro atoms. The number of allylic oxidation sites excluding steroid dienone is 6. The number of carbonyl (C=O) groups excluding carboxylic acids is 1. The molecule has 510 valence electrons. The maximum Gasteiger partial charge on any atom is 0.406 e. The lowest BCUT2D eigenvalue weighted by molar-refractivity contribution is -0.166. The van der Waals surface area contributed by atoms with Gasteiger partial charge in [0.1, 0.15) is 34.8 Å². The van der Waals surface area contributed by atoms with Crippen LogP contribution in [0.25, 0.3) is 44.6 Å². The number of carbonyl (C=O) groups is 1. The first-order valence-corrected chi connectivity index (χ1v) is 34.3. The van der Waals surface area contributed by atoms with E-state index in [9.17, 15) is 22.7 Å². The van der Waals surface area contributed by atoms with Gasteiger partial charge in [-0.3, -0.25) is 4.79 Å². The molecular weight excluding hydrogens is 1340 g/mol. The van der Waals surface area contributed by atoms with E-state index in [0.717, 1.165) is 5.56 Å². The first-order chi connectivity index (χ1) is 52.1. The highest BCUT2D eigenvalue weighted by molar-refractivity contribution is 6.59. The Labute approximate surface area is 615 Å². The van der Waals surface area contributed by atoms with Crippen molar-refractivity contribution < 1.29 is 40.6 Å². The van der Waals surface area contributed by atoms with E-state index in [1.54, 1.807) is 127 Å². The molecule has 2 unspecified atom stereocenters. The summed E-state index contributed by atoms with van der Waals surface area (Å²) in [5.41, 5.74) is 10.7. The van der Waals surface area contributed by atoms with Crippen LogP contribution in [0.5, 0.6) is 0 Å². The van der Waals surface area contributed by atoms with Crippen LogP contribution in [-0.2, 0) is 10.2 Å². The molecule has 1 N–H and O–H groups in total. The van der Waals surface area contributed by atoms with Crippen molar-refractivity contribution in [3.63, 3.8) is 0 Å². The van der Waals surface area contributed by atoms with Crippen LogP contribution in [-0.4, -0.2) is 23.2 Å². The third-order valence-electron chi connectivity index (χ3n) is 19.0. The molecule has 0 fully saturated rings. The van der Waals surface area contributed by atoms with Gasteiger partial charge in [0.05, 0.1) is 0 Å². The second-order valence-electron chi connectivity index (χ2n) is 25.6. The third kappa shape index (κ3) is 14.3. The summed E-state index contributed by atoms with van der Waals surface area (Å²) in [5, 5.41) is 13.2. The van der Waals surface area contributed by atoms with Gasteiger partial charge in [0.2, 0.25) is 0 Å². The SMILES string of the molecule is O=C1C(c2ccc(C#Cc3ccc(F)cc3)cc2)=C(c2ccccc2)C(c2ccc(C(c3ccccc3)(c3ccc(C4=C(c5ccc(C#Cc6ccc(F)cc6)cc5)C(O)C(c5ccc(C#Cc6ccc(F)cc6)cc5)=C4c4ccccc4)cc3)C(F)(F)F)cc2)=C1c1ccc(C#Cc2ccc(F)cc2)cc1. The number of alkyl halides is 3. The largest absolute Gasteiger partial charge is 0.406 e. The van der Waals surface area contributed by atoms with Crippen molar-refractivity contribution in [3.8, 4) is 47.4 Å². The number of hydrogen-bond acceptors (Lipinski definition) is 2. The molecular formula is C98H57F7O2. The smallest absolute Gasteiger partial charge is 0.384 e. The monoisotopic (exact) mass is 1400 g/mol. The van der Waals surface area contributed by atoms with Crippen molar-refractivity contribution in [3.05, 3.63) is 463 Å². The Bertz CT molecular complexity index is 5940. The van der Waals surface area contributed by atoms with Crippen LogP contribution in [0.1, 0.15) is 106 Å². The Hall–Kier alpha value is -13.8. The first kappa shape index (κ1) is 68.9.